The second-order valence-corrected chi connectivity index (χ2v) is 6.48. The second-order valence-electron chi connectivity index (χ2n) is 6.48. The molecule has 1 saturated carbocycles. The van der Waals surface area contributed by atoms with Crippen molar-refractivity contribution in [1.29, 1.82) is 0 Å². The van der Waals surface area contributed by atoms with Crippen molar-refractivity contribution in [1.82, 2.24) is 4.90 Å². The molecule has 2 N–H and O–H groups in total. The normalized spacial score (nSPS) is 18.8. The number of benzene rings is 1. The fourth-order valence-corrected chi connectivity index (χ4v) is 3.34. The van der Waals surface area contributed by atoms with Gasteiger partial charge in [-0.25, -0.2) is 4.79 Å². The van der Waals surface area contributed by atoms with Crippen molar-refractivity contribution < 1.29 is 23.9 Å². The molecule has 3 amide bonds. The Kier molecular flexibility index (Phi) is 4.57. The summed E-state index contributed by atoms with van der Waals surface area (Å²) in [5.74, 6) is -2.20. The third kappa shape index (κ3) is 3.14. The van der Waals surface area contributed by atoms with E-state index in [1.807, 2.05) is 0 Å². The molecule has 1 heterocycles. The summed E-state index contributed by atoms with van der Waals surface area (Å²) in [6, 6.07) is 4.16. The van der Waals surface area contributed by atoms with Gasteiger partial charge in [0.1, 0.15) is 0 Å². The molecule has 7 heteroatoms. The van der Waals surface area contributed by atoms with Gasteiger partial charge in [-0.1, -0.05) is 19.3 Å². The molecule has 0 unspecified atom stereocenters. The van der Waals surface area contributed by atoms with Gasteiger partial charge in [0.2, 0.25) is 0 Å². The lowest BCUT2D eigenvalue weighted by Gasteiger charge is -2.29. The van der Waals surface area contributed by atoms with Crippen molar-refractivity contribution in [2.24, 2.45) is 5.73 Å². The minimum absolute atomic E-state index is 0.0774. The van der Waals surface area contributed by atoms with Gasteiger partial charge in [0.05, 0.1) is 16.7 Å². The van der Waals surface area contributed by atoms with Gasteiger partial charge < -0.3 is 10.5 Å². The Hall–Kier alpha value is -2.70. The topological polar surface area (TPSA) is 107 Å². The predicted molar refractivity (Wildman–Crippen MR) is 87.9 cm³/mol. The Labute approximate surface area is 145 Å². The number of carbonyl (C=O) groups is 4. The van der Waals surface area contributed by atoms with Crippen molar-refractivity contribution in [2.75, 3.05) is 0 Å². The highest BCUT2D eigenvalue weighted by Gasteiger charge is 2.40. The molecule has 3 rings (SSSR count). The van der Waals surface area contributed by atoms with E-state index >= 15 is 0 Å². The zero-order valence-corrected chi connectivity index (χ0v) is 14.0. The minimum atomic E-state index is -1.07. The van der Waals surface area contributed by atoms with E-state index in [-0.39, 0.29) is 29.0 Å². The standard InChI is InChI=1S/C18H20N2O5/c1-10(15(19)21)25-18(24)11-7-8-13-14(9-11)17(23)20(16(13)22)12-5-3-2-4-6-12/h7-10,12H,2-6H2,1H3,(H2,19,21)/t10-/m0/s1. The van der Waals surface area contributed by atoms with Crippen LogP contribution in [-0.4, -0.2) is 40.7 Å². The van der Waals surface area contributed by atoms with Gasteiger partial charge in [0.25, 0.3) is 17.7 Å². The van der Waals surface area contributed by atoms with Gasteiger partial charge >= 0.3 is 5.97 Å². The molecular weight excluding hydrogens is 324 g/mol. The van der Waals surface area contributed by atoms with E-state index < -0.39 is 18.0 Å². The first-order valence-corrected chi connectivity index (χ1v) is 8.42. The summed E-state index contributed by atoms with van der Waals surface area (Å²) in [4.78, 5) is 49.7. The molecule has 1 aliphatic carbocycles. The van der Waals surface area contributed by atoms with Crippen LogP contribution in [0.3, 0.4) is 0 Å². The quantitative estimate of drug-likeness (QED) is 0.660. The van der Waals surface area contributed by atoms with Gasteiger partial charge in [-0.05, 0) is 38.0 Å². The van der Waals surface area contributed by atoms with E-state index in [9.17, 15) is 19.2 Å². The predicted octanol–water partition coefficient (Wildman–Crippen LogP) is 1.65. The molecule has 132 valence electrons. The van der Waals surface area contributed by atoms with E-state index in [0.717, 1.165) is 32.1 Å². The minimum Gasteiger partial charge on any atom is -0.449 e. The van der Waals surface area contributed by atoms with E-state index in [4.69, 9.17) is 10.5 Å². The van der Waals surface area contributed by atoms with E-state index in [1.165, 1.54) is 30.0 Å². The van der Waals surface area contributed by atoms with E-state index in [0.29, 0.717) is 5.56 Å². The summed E-state index contributed by atoms with van der Waals surface area (Å²) in [7, 11) is 0. The summed E-state index contributed by atoms with van der Waals surface area (Å²) >= 11 is 0. The van der Waals surface area contributed by atoms with Crippen LogP contribution >= 0.6 is 0 Å². The summed E-state index contributed by atoms with van der Waals surface area (Å²) in [6.45, 7) is 1.37. The van der Waals surface area contributed by atoms with Crippen molar-refractivity contribution in [3.8, 4) is 0 Å². The molecule has 0 saturated heterocycles. The summed E-state index contributed by atoms with van der Waals surface area (Å²) in [5.41, 5.74) is 5.69. The van der Waals surface area contributed by atoms with E-state index in [2.05, 4.69) is 0 Å². The van der Waals surface area contributed by atoms with Crippen LogP contribution in [0.4, 0.5) is 0 Å². The van der Waals surface area contributed by atoms with Crippen LogP contribution in [0.15, 0.2) is 18.2 Å². The van der Waals surface area contributed by atoms with Crippen LogP contribution in [0, 0.1) is 0 Å². The molecule has 0 aromatic heterocycles. The number of ether oxygens (including phenoxy) is 1. The Morgan fingerprint density at radius 1 is 1.12 bits per heavy atom. The Balaban J connectivity index is 1.84. The molecule has 25 heavy (non-hydrogen) atoms. The highest BCUT2D eigenvalue weighted by molar-refractivity contribution is 6.22. The molecule has 0 bridgehead atoms. The van der Waals surface area contributed by atoms with Gasteiger partial charge in [0.15, 0.2) is 6.10 Å². The Morgan fingerprint density at radius 3 is 2.40 bits per heavy atom. The van der Waals surface area contributed by atoms with Gasteiger partial charge in [-0.3, -0.25) is 19.3 Å². The number of fused-ring (bicyclic) bond motifs is 1. The number of esters is 1. The number of nitrogens with two attached hydrogens (primary N) is 1. The number of rotatable bonds is 4. The lowest BCUT2D eigenvalue weighted by molar-refractivity contribution is -0.125. The molecule has 1 atom stereocenters. The van der Waals surface area contributed by atoms with Crippen LogP contribution in [0.25, 0.3) is 0 Å². The van der Waals surface area contributed by atoms with Gasteiger partial charge in [-0.2, -0.15) is 0 Å². The molecule has 1 aromatic carbocycles. The maximum Gasteiger partial charge on any atom is 0.338 e. The largest absolute Gasteiger partial charge is 0.449 e. The zero-order valence-electron chi connectivity index (χ0n) is 14.0. The molecule has 0 spiro atoms. The molecule has 2 aliphatic rings. The average Bonchev–Trinajstić information content (AvgIpc) is 2.86. The van der Waals surface area contributed by atoms with Crippen molar-refractivity contribution in [2.45, 2.75) is 51.2 Å². The second kappa shape index (κ2) is 6.66. The highest BCUT2D eigenvalue weighted by Crippen LogP contribution is 2.31. The number of nitrogens with zero attached hydrogens (tertiary/aromatic N) is 1. The number of primary amides is 1. The monoisotopic (exact) mass is 344 g/mol. The number of carbonyl (C=O) groups excluding carboxylic acids is 4. The molecule has 1 aliphatic heterocycles. The first kappa shape index (κ1) is 17.1. The Bertz CT molecular complexity index is 752. The Morgan fingerprint density at radius 2 is 1.76 bits per heavy atom. The van der Waals surface area contributed by atoms with Gasteiger partial charge in [-0.15, -0.1) is 0 Å². The number of amides is 3. The van der Waals surface area contributed by atoms with Crippen LogP contribution in [0.5, 0.6) is 0 Å². The fraction of sp³-hybridized carbons (Fsp3) is 0.444. The lowest BCUT2D eigenvalue weighted by Crippen LogP contribution is -2.40. The SMILES string of the molecule is C[C@H](OC(=O)c1ccc2c(c1)C(=O)N(C1CCCCC1)C2=O)C(N)=O. The lowest BCUT2D eigenvalue weighted by atomic mass is 9.94. The van der Waals surface area contributed by atoms with Crippen LogP contribution < -0.4 is 5.73 Å². The highest BCUT2D eigenvalue weighted by atomic mass is 16.5. The summed E-state index contributed by atoms with van der Waals surface area (Å²) in [5, 5.41) is 0. The molecule has 0 radical (unpaired) electrons. The first-order chi connectivity index (χ1) is 11.9. The first-order valence-electron chi connectivity index (χ1n) is 8.42. The molecular formula is C18H20N2O5. The van der Waals surface area contributed by atoms with Crippen LogP contribution in [0.2, 0.25) is 0 Å². The third-order valence-corrected chi connectivity index (χ3v) is 4.78. The van der Waals surface area contributed by atoms with E-state index in [1.54, 1.807) is 0 Å². The van der Waals surface area contributed by atoms with Crippen LogP contribution in [0.1, 0.15) is 70.1 Å². The maximum absolute atomic E-state index is 12.7. The fourth-order valence-electron chi connectivity index (χ4n) is 3.34. The summed E-state index contributed by atoms with van der Waals surface area (Å²) < 4.78 is 4.94. The third-order valence-electron chi connectivity index (χ3n) is 4.78. The van der Waals surface area contributed by atoms with Crippen LogP contribution in [-0.2, 0) is 9.53 Å². The van der Waals surface area contributed by atoms with Gasteiger partial charge in [0, 0.05) is 6.04 Å². The number of hydrogen-bond donors (Lipinski definition) is 1. The smallest absolute Gasteiger partial charge is 0.338 e. The van der Waals surface area contributed by atoms with Crippen molar-refractivity contribution >= 4 is 23.7 Å². The molecule has 7 nitrogen and oxygen atoms in total. The molecule has 1 fully saturated rings. The average molecular weight is 344 g/mol. The zero-order chi connectivity index (χ0) is 18.1. The number of hydrogen-bond acceptors (Lipinski definition) is 5. The molecule has 1 aromatic rings. The maximum atomic E-state index is 12.7. The number of imide groups is 1. The van der Waals surface area contributed by atoms with Crippen molar-refractivity contribution in [3.63, 3.8) is 0 Å². The summed E-state index contributed by atoms with van der Waals surface area (Å²) in [6.07, 6.45) is 3.68. The van der Waals surface area contributed by atoms with Crippen molar-refractivity contribution in [3.05, 3.63) is 34.9 Å².